The number of pyridine rings is 1. The fourth-order valence-electron chi connectivity index (χ4n) is 2.67. The Morgan fingerprint density at radius 3 is 2.60 bits per heavy atom. The number of aromatic nitrogens is 1. The first-order chi connectivity index (χ1) is 9.75. The molecule has 0 atom stereocenters. The molecular weight excluding hydrogens is 248 g/mol. The predicted octanol–water partition coefficient (Wildman–Crippen LogP) is 3.57. The Labute approximate surface area is 119 Å². The van der Waals surface area contributed by atoms with Crippen molar-refractivity contribution in [2.75, 3.05) is 11.4 Å². The van der Waals surface area contributed by atoms with Gasteiger partial charge in [-0.2, -0.15) is 0 Å². The second kappa shape index (κ2) is 5.45. The minimum Gasteiger partial charge on any atom is -0.312 e. The maximum absolute atomic E-state index is 11.9. The van der Waals surface area contributed by atoms with E-state index in [-0.39, 0.29) is 5.91 Å². The number of piperidine rings is 1. The predicted molar refractivity (Wildman–Crippen MR) is 80.6 cm³/mol. The summed E-state index contributed by atoms with van der Waals surface area (Å²) >= 11 is 0. The number of benzene rings is 1. The molecule has 20 heavy (non-hydrogen) atoms. The Balaban J connectivity index is 1.88. The van der Waals surface area contributed by atoms with Crippen LogP contribution < -0.4 is 4.90 Å². The zero-order valence-electron chi connectivity index (χ0n) is 11.7. The average Bonchev–Trinajstić information content (AvgIpc) is 2.49. The highest BCUT2D eigenvalue weighted by Gasteiger charge is 2.19. The van der Waals surface area contributed by atoms with E-state index in [1.54, 1.807) is 6.20 Å². The molecule has 102 valence electrons. The molecule has 1 amide bonds. The molecule has 3 rings (SSSR count). The van der Waals surface area contributed by atoms with E-state index < -0.39 is 0 Å². The van der Waals surface area contributed by atoms with Crippen molar-refractivity contribution in [3.63, 3.8) is 0 Å². The van der Waals surface area contributed by atoms with Crippen molar-refractivity contribution in [2.24, 2.45) is 0 Å². The van der Waals surface area contributed by atoms with Crippen LogP contribution in [0, 0.1) is 6.92 Å². The number of nitrogens with zero attached hydrogens (tertiary/aromatic N) is 2. The van der Waals surface area contributed by atoms with E-state index in [0.717, 1.165) is 36.2 Å². The maximum atomic E-state index is 11.9. The Bertz CT molecular complexity index is 619. The highest BCUT2D eigenvalue weighted by atomic mass is 16.2. The average molecular weight is 266 g/mol. The third-order valence-electron chi connectivity index (χ3n) is 3.85. The van der Waals surface area contributed by atoms with Gasteiger partial charge in [-0.3, -0.25) is 9.78 Å². The van der Waals surface area contributed by atoms with Crippen molar-refractivity contribution in [1.82, 2.24) is 4.98 Å². The van der Waals surface area contributed by atoms with E-state index in [1.165, 1.54) is 5.56 Å². The van der Waals surface area contributed by atoms with Crippen molar-refractivity contribution < 1.29 is 4.79 Å². The summed E-state index contributed by atoms with van der Waals surface area (Å²) in [5, 5.41) is 0. The first kappa shape index (κ1) is 12.9. The van der Waals surface area contributed by atoms with Crippen molar-refractivity contribution in [2.45, 2.75) is 26.2 Å². The molecule has 1 fully saturated rings. The summed E-state index contributed by atoms with van der Waals surface area (Å²) in [7, 11) is 0. The van der Waals surface area contributed by atoms with E-state index in [4.69, 9.17) is 0 Å². The van der Waals surface area contributed by atoms with Crippen molar-refractivity contribution in [1.29, 1.82) is 0 Å². The minimum absolute atomic E-state index is 0.238. The molecule has 2 heterocycles. The second-order valence-corrected chi connectivity index (χ2v) is 5.24. The molecule has 0 N–H and O–H groups in total. The van der Waals surface area contributed by atoms with Crippen molar-refractivity contribution >= 4 is 11.6 Å². The molecule has 0 saturated carbocycles. The van der Waals surface area contributed by atoms with Gasteiger partial charge in [-0.1, -0.05) is 12.1 Å². The third-order valence-corrected chi connectivity index (χ3v) is 3.85. The summed E-state index contributed by atoms with van der Waals surface area (Å²) < 4.78 is 0. The molecule has 3 heteroatoms. The van der Waals surface area contributed by atoms with E-state index in [1.807, 2.05) is 29.3 Å². The quantitative estimate of drug-likeness (QED) is 0.832. The van der Waals surface area contributed by atoms with Crippen LogP contribution in [0.2, 0.25) is 0 Å². The van der Waals surface area contributed by atoms with Crippen molar-refractivity contribution in [3.8, 4) is 11.1 Å². The molecule has 1 aliphatic heterocycles. The molecule has 2 aromatic rings. The van der Waals surface area contributed by atoms with Gasteiger partial charge in [0, 0.05) is 36.6 Å². The molecule has 1 saturated heterocycles. The number of anilines is 1. The summed E-state index contributed by atoms with van der Waals surface area (Å²) in [4.78, 5) is 18.0. The highest BCUT2D eigenvalue weighted by Crippen LogP contribution is 2.26. The van der Waals surface area contributed by atoms with Crippen LogP contribution in [0.5, 0.6) is 0 Å². The molecule has 0 aliphatic carbocycles. The zero-order valence-corrected chi connectivity index (χ0v) is 11.7. The maximum Gasteiger partial charge on any atom is 0.226 e. The van der Waals surface area contributed by atoms with Crippen LogP contribution in [0.3, 0.4) is 0 Å². The van der Waals surface area contributed by atoms with Gasteiger partial charge in [-0.15, -0.1) is 0 Å². The summed E-state index contributed by atoms with van der Waals surface area (Å²) in [6, 6.07) is 10.2. The van der Waals surface area contributed by atoms with Gasteiger partial charge in [0.2, 0.25) is 5.91 Å². The summed E-state index contributed by atoms with van der Waals surface area (Å²) in [5.41, 5.74) is 4.50. The fraction of sp³-hybridized carbons (Fsp3) is 0.294. The van der Waals surface area contributed by atoms with Gasteiger partial charge in [-0.25, -0.2) is 0 Å². The van der Waals surface area contributed by atoms with E-state index in [2.05, 4.69) is 24.0 Å². The molecule has 3 nitrogen and oxygen atoms in total. The number of hydrogen-bond donors (Lipinski definition) is 0. The first-order valence-corrected chi connectivity index (χ1v) is 7.07. The third kappa shape index (κ3) is 2.44. The van der Waals surface area contributed by atoms with Gasteiger partial charge in [-0.05, 0) is 49.1 Å². The summed E-state index contributed by atoms with van der Waals surface area (Å²) in [6.45, 7) is 2.92. The van der Waals surface area contributed by atoms with Crippen LogP contribution in [-0.4, -0.2) is 17.4 Å². The van der Waals surface area contributed by atoms with Gasteiger partial charge >= 0.3 is 0 Å². The molecular formula is C17H18N2O. The molecule has 1 aromatic carbocycles. The van der Waals surface area contributed by atoms with Crippen LogP contribution in [-0.2, 0) is 4.79 Å². The summed E-state index contributed by atoms with van der Waals surface area (Å²) in [6.07, 6.45) is 6.47. The first-order valence-electron chi connectivity index (χ1n) is 7.07. The Hall–Kier alpha value is -2.16. The monoisotopic (exact) mass is 266 g/mol. The van der Waals surface area contributed by atoms with Gasteiger partial charge in [0.05, 0.1) is 0 Å². The number of amides is 1. The molecule has 0 radical (unpaired) electrons. The van der Waals surface area contributed by atoms with Gasteiger partial charge in [0.15, 0.2) is 0 Å². The van der Waals surface area contributed by atoms with E-state index in [0.29, 0.717) is 6.42 Å². The standard InChI is InChI=1S/C17H18N2O/c1-13-9-10-18-12-16(13)14-5-7-15(8-6-14)19-11-3-2-4-17(19)20/h5-10,12H,2-4,11H2,1H3. The molecule has 0 unspecified atom stereocenters. The van der Waals surface area contributed by atoms with Crippen LogP contribution >= 0.6 is 0 Å². The van der Waals surface area contributed by atoms with E-state index in [9.17, 15) is 4.79 Å². The Kier molecular flexibility index (Phi) is 3.50. The van der Waals surface area contributed by atoms with Gasteiger partial charge in [0.1, 0.15) is 0 Å². The highest BCUT2D eigenvalue weighted by molar-refractivity contribution is 5.94. The van der Waals surface area contributed by atoms with Gasteiger partial charge < -0.3 is 4.90 Å². The van der Waals surface area contributed by atoms with Crippen LogP contribution in [0.4, 0.5) is 5.69 Å². The topological polar surface area (TPSA) is 33.2 Å². The number of carbonyl (C=O) groups excluding carboxylic acids is 1. The van der Waals surface area contributed by atoms with Crippen LogP contribution in [0.1, 0.15) is 24.8 Å². The molecule has 0 bridgehead atoms. The van der Waals surface area contributed by atoms with Crippen LogP contribution in [0.25, 0.3) is 11.1 Å². The zero-order chi connectivity index (χ0) is 13.9. The lowest BCUT2D eigenvalue weighted by Crippen LogP contribution is -2.35. The van der Waals surface area contributed by atoms with Gasteiger partial charge in [0.25, 0.3) is 0 Å². The fourth-order valence-corrected chi connectivity index (χ4v) is 2.67. The molecule has 1 aromatic heterocycles. The molecule has 1 aliphatic rings. The number of carbonyl (C=O) groups is 1. The smallest absolute Gasteiger partial charge is 0.226 e. The minimum atomic E-state index is 0.238. The van der Waals surface area contributed by atoms with Crippen molar-refractivity contribution in [3.05, 3.63) is 48.3 Å². The SMILES string of the molecule is Cc1ccncc1-c1ccc(N2CCCCC2=O)cc1. The number of hydrogen-bond acceptors (Lipinski definition) is 2. The lowest BCUT2D eigenvalue weighted by molar-refractivity contribution is -0.119. The number of aryl methyl sites for hydroxylation is 1. The second-order valence-electron chi connectivity index (χ2n) is 5.24. The summed E-state index contributed by atoms with van der Waals surface area (Å²) in [5.74, 6) is 0.238. The van der Waals surface area contributed by atoms with Crippen LogP contribution in [0.15, 0.2) is 42.7 Å². The largest absolute Gasteiger partial charge is 0.312 e. The van der Waals surface area contributed by atoms with E-state index >= 15 is 0 Å². The molecule has 0 spiro atoms. The lowest BCUT2D eigenvalue weighted by atomic mass is 10.0. The normalized spacial score (nSPS) is 15.4. The number of rotatable bonds is 2. The Morgan fingerprint density at radius 2 is 1.90 bits per heavy atom. The lowest BCUT2D eigenvalue weighted by Gasteiger charge is -2.26. The Morgan fingerprint density at radius 1 is 1.10 bits per heavy atom.